The number of ether oxygens (including phenoxy) is 1. The van der Waals surface area contributed by atoms with Gasteiger partial charge in [-0.3, -0.25) is 0 Å². The van der Waals surface area contributed by atoms with E-state index in [1.54, 1.807) is 6.92 Å². The van der Waals surface area contributed by atoms with Crippen LogP contribution in [0.15, 0.2) is 29.8 Å². The molecule has 1 aliphatic carbocycles. The molecule has 1 fully saturated rings. The molecule has 0 aromatic heterocycles. The van der Waals surface area contributed by atoms with Gasteiger partial charge in [-0.2, -0.15) is 0 Å². The van der Waals surface area contributed by atoms with Crippen LogP contribution in [-0.2, 0) is 9.53 Å². The van der Waals surface area contributed by atoms with Crippen LogP contribution in [0.5, 0.6) is 0 Å². The van der Waals surface area contributed by atoms with Crippen molar-refractivity contribution >= 4 is 12.0 Å². The third kappa shape index (κ3) is 3.96. The predicted octanol–water partition coefficient (Wildman–Crippen LogP) is 4.70. The van der Waals surface area contributed by atoms with Gasteiger partial charge >= 0.3 is 5.97 Å². The maximum Gasteiger partial charge on any atom is 0.333 e. The van der Waals surface area contributed by atoms with E-state index in [1.807, 2.05) is 13.0 Å². The van der Waals surface area contributed by atoms with Crippen LogP contribution in [0.2, 0.25) is 0 Å². The summed E-state index contributed by atoms with van der Waals surface area (Å²) >= 11 is 0. The summed E-state index contributed by atoms with van der Waals surface area (Å²) in [5, 5.41) is 0. The molecule has 1 aromatic carbocycles. The highest BCUT2D eigenvalue weighted by atomic mass is 16.5. The second kappa shape index (κ2) is 7.28. The molecule has 20 heavy (non-hydrogen) atoms. The number of benzene rings is 1. The summed E-state index contributed by atoms with van der Waals surface area (Å²) in [7, 11) is 0. The Morgan fingerprint density at radius 3 is 2.45 bits per heavy atom. The van der Waals surface area contributed by atoms with Gasteiger partial charge in [0.1, 0.15) is 0 Å². The van der Waals surface area contributed by atoms with Gasteiger partial charge in [-0.1, -0.05) is 43.5 Å². The summed E-state index contributed by atoms with van der Waals surface area (Å²) in [5.41, 5.74) is 3.16. The number of esters is 1. The van der Waals surface area contributed by atoms with Gasteiger partial charge in [-0.25, -0.2) is 4.79 Å². The quantitative estimate of drug-likeness (QED) is 0.586. The number of hydrogen-bond acceptors (Lipinski definition) is 2. The normalized spacial score (nSPS) is 17.0. The minimum absolute atomic E-state index is 0.233. The highest BCUT2D eigenvalue weighted by Gasteiger charge is 2.15. The molecule has 1 aliphatic rings. The third-order valence-electron chi connectivity index (χ3n) is 3.99. The predicted molar refractivity (Wildman–Crippen MR) is 82.6 cm³/mol. The number of rotatable bonds is 4. The largest absolute Gasteiger partial charge is 0.463 e. The summed E-state index contributed by atoms with van der Waals surface area (Å²) in [5.74, 6) is 0.497. The second-order valence-corrected chi connectivity index (χ2v) is 5.55. The molecule has 2 rings (SSSR count). The maximum absolute atomic E-state index is 11.6. The fraction of sp³-hybridized carbons (Fsp3) is 0.500. The molecule has 1 aromatic rings. The van der Waals surface area contributed by atoms with Gasteiger partial charge in [-0.15, -0.1) is 0 Å². The zero-order chi connectivity index (χ0) is 14.4. The number of carbonyl (C=O) groups is 1. The van der Waals surface area contributed by atoms with Crippen molar-refractivity contribution in [2.45, 2.75) is 51.9 Å². The lowest BCUT2D eigenvalue weighted by atomic mass is 9.84. The van der Waals surface area contributed by atoms with Gasteiger partial charge in [0.25, 0.3) is 0 Å². The van der Waals surface area contributed by atoms with Gasteiger partial charge in [0.15, 0.2) is 0 Å². The Morgan fingerprint density at radius 1 is 1.20 bits per heavy atom. The summed E-state index contributed by atoms with van der Waals surface area (Å²) in [4.78, 5) is 11.6. The van der Waals surface area contributed by atoms with Crippen molar-refractivity contribution in [3.05, 3.63) is 41.0 Å². The van der Waals surface area contributed by atoms with E-state index in [4.69, 9.17) is 4.74 Å². The highest BCUT2D eigenvalue weighted by molar-refractivity contribution is 5.92. The summed E-state index contributed by atoms with van der Waals surface area (Å²) in [6.07, 6.45) is 8.62. The fourth-order valence-electron chi connectivity index (χ4n) is 2.85. The summed E-state index contributed by atoms with van der Waals surface area (Å²) in [6.45, 7) is 4.04. The highest BCUT2D eigenvalue weighted by Crippen LogP contribution is 2.32. The first kappa shape index (κ1) is 14.8. The molecule has 0 unspecified atom stereocenters. The van der Waals surface area contributed by atoms with Crippen molar-refractivity contribution in [3.63, 3.8) is 0 Å². The molecule has 0 radical (unpaired) electrons. The standard InChI is InChI=1S/C18H24O2/c1-3-20-18(19)14(2)13-15-9-11-17(12-10-15)16-7-5-4-6-8-16/h9-13,16H,3-8H2,1-2H3. The lowest BCUT2D eigenvalue weighted by Crippen LogP contribution is -2.05. The lowest BCUT2D eigenvalue weighted by molar-refractivity contribution is -0.138. The van der Waals surface area contributed by atoms with E-state index in [-0.39, 0.29) is 5.97 Å². The Labute approximate surface area is 121 Å². The van der Waals surface area contributed by atoms with E-state index < -0.39 is 0 Å². The minimum atomic E-state index is -0.233. The molecule has 0 spiro atoms. The Morgan fingerprint density at radius 2 is 1.85 bits per heavy atom. The molecule has 1 saturated carbocycles. The smallest absolute Gasteiger partial charge is 0.333 e. The molecule has 0 heterocycles. The van der Waals surface area contributed by atoms with Crippen molar-refractivity contribution in [1.29, 1.82) is 0 Å². The topological polar surface area (TPSA) is 26.3 Å². The van der Waals surface area contributed by atoms with Crippen LogP contribution < -0.4 is 0 Å². The Hall–Kier alpha value is -1.57. The molecular weight excluding hydrogens is 248 g/mol. The zero-order valence-electron chi connectivity index (χ0n) is 12.5. The van der Waals surface area contributed by atoms with Crippen LogP contribution in [0.25, 0.3) is 6.08 Å². The van der Waals surface area contributed by atoms with Crippen LogP contribution in [0, 0.1) is 0 Å². The monoisotopic (exact) mass is 272 g/mol. The number of carbonyl (C=O) groups excluding carboxylic acids is 1. The van der Waals surface area contributed by atoms with Gasteiger partial charge in [0, 0.05) is 5.57 Å². The zero-order valence-corrected chi connectivity index (χ0v) is 12.5. The van der Waals surface area contributed by atoms with Crippen molar-refractivity contribution < 1.29 is 9.53 Å². The van der Waals surface area contributed by atoms with Crippen molar-refractivity contribution in [2.75, 3.05) is 6.61 Å². The van der Waals surface area contributed by atoms with Gasteiger partial charge in [0.05, 0.1) is 6.61 Å². The fourth-order valence-corrected chi connectivity index (χ4v) is 2.85. The molecule has 0 aliphatic heterocycles. The number of hydrogen-bond donors (Lipinski definition) is 0. The van der Waals surface area contributed by atoms with E-state index in [1.165, 1.54) is 37.7 Å². The van der Waals surface area contributed by atoms with E-state index in [9.17, 15) is 4.79 Å². The molecule has 2 heteroatoms. The van der Waals surface area contributed by atoms with E-state index in [0.717, 1.165) is 11.5 Å². The Kier molecular flexibility index (Phi) is 5.40. The average molecular weight is 272 g/mol. The first-order valence-electron chi connectivity index (χ1n) is 7.66. The molecular formula is C18H24O2. The van der Waals surface area contributed by atoms with Crippen LogP contribution in [0.3, 0.4) is 0 Å². The lowest BCUT2D eigenvalue weighted by Gasteiger charge is -2.21. The molecule has 0 bridgehead atoms. The molecule has 0 amide bonds. The SMILES string of the molecule is CCOC(=O)C(C)=Cc1ccc(C2CCCCC2)cc1. The molecule has 2 nitrogen and oxygen atoms in total. The first-order valence-corrected chi connectivity index (χ1v) is 7.66. The van der Waals surface area contributed by atoms with Crippen molar-refractivity contribution in [3.8, 4) is 0 Å². The molecule has 0 saturated heterocycles. The second-order valence-electron chi connectivity index (χ2n) is 5.55. The van der Waals surface area contributed by atoms with Gasteiger partial charge in [-0.05, 0) is 49.8 Å². The van der Waals surface area contributed by atoms with Crippen LogP contribution in [0.4, 0.5) is 0 Å². The van der Waals surface area contributed by atoms with E-state index in [2.05, 4.69) is 24.3 Å². The first-order chi connectivity index (χ1) is 9.70. The molecule has 108 valence electrons. The Balaban J connectivity index is 2.04. The van der Waals surface area contributed by atoms with Crippen LogP contribution in [-0.4, -0.2) is 12.6 Å². The average Bonchev–Trinajstić information content (AvgIpc) is 2.49. The van der Waals surface area contributed by atoms with Crippen molar-refractivity contribution in [1.82, 2.24) is 0 Å². The molecule has 0 N–H and O–H groups in total. The molecule has 0 atom stereocenters. The summed E-state index contributed by atoms with van der Waals surface area (Å²) in [6, 6.07) is 8.62. The minimum Gasteiger partial charge on any atom is -0.463 e. The third-order valence-corrected chi connectivity index (χ3v) is 3.99. The van der Waals surface area contributed by atoms with Gasteiger partial charge in [0.2, 0.25) is 0 Å². The van der Waals surface area contributed by atoms with Crippen LogP contribution in [0.1, 0.15) is 63.0 Å². The maximum atomic E-state index is 11.6. The van der Waals surface area contributed by atoms with E-state index >= 15 is 0 Å². The summed E-state index contributed by atoms with van der Waals surface area (Å²) < 4.78 is 4.99. The van der Waals surface area contributed by atoms with E-state index in [0.29, 0.717) is 12.2 Å². The van der Waals surface area contributed by atoms with Crippen LogP contribution >= 0.6 is 0 Å². The Bertz CT molecular complexity index is 465. The van der Waals surface area contributed by atoms with Gasteiger partial charge < -0.3 is 4.74 Å². The van der Waals surface area contributed by atoms with Crippen molar-refractivity contribution in [2.24, 2.45) is 0 Å².